The minimum Gasteiger partial charge on any atom is -0.320 e. The highest BCUT2D eigenvalue weighted by atomic mass is 19.1. The van der Waals surface area contributed by atoms with Crippen molar-refractivity contribution < 1.29 is 13.6 Å². The van der Waals surface area contributed by atoms with E-state index in [2.05, 4.69) is 15.5 Å². The second kappa shape index (κ2) is 6.07. The zero-order valence-corrected chi connectivity index (χ0v) is 11.7. The van der Waals surface area contributed by atoms with E-state index < -0.39 is 17.5 Å². The van der Waals surface area contributed by atoms with Gasteiger partial charge in [0, 0.05) is 18.6 Å². The van der Waals surface area contributed by atoms with Crippen molar-refractivity contribution in [2.75, 3.05) is 25.0 Å². The molecule has 2 fully saturated rings. The summed E-state index contributed by atoms with van der Waals surface area (Å²) in [6, 6.07) is 4.32. The predicted octanol–water partition coefficient (Wildman–Crippen LogP) is 1.73. The quantitative estimate of drug-likeness (QED) is 0.889. The van der Waals surface area contributed by atoms with Gasteiger partial charge in [0.15, 0.2) is 0 Å². The van der Waals surface area contributed by atoms with Crippen LogP contribution < -0.4 is 10.6 Å². The van der Waals surface area contributed by atoms with Crippen LogP contribution in [0.2, 0.25) is 0 Å². The maximum atomic E-state index is 13.4. The first kappa shape index (κ1) is 14.4. The van der Waals surface area contributed by atoms with Gasteiger partial charge in [0.25, 0.3) is 0 Å². The highest BCUT2D eigenvalue weighted by Gasteiger charge is 2.36. The van der Waals surface area contributed by atoms with Gasteiger partial charge in [-0.05, 0) is 37.9 Å². The van der Waals surface area contributed by atoms with E-state index in [1.165, 1.54) is 12.5 Å². The lowest BCUT2D eigenvalue weighted by Gasteiger charge is -2.21. The Balaban J connectivity index is 1.53. The Morgan fingerprint density at radius 2 is 2.00 bits per heavy atom. The highest BCUT2D eigenvalue weighted by molar-refractivity contribution is 5.92. The molecule has 2 unspecified atom stereocenters. The van der Waals surface area contributed by atoms with Gasteiger partial charge < -0.3 is 10.6 Å². The van der Waals surface area contributed by atoms with Crippen LogP contribution in [0.5, 0.6) is 0 Å². The molecule has 2 N–H and O–H groups in total. The van der Waals surface area contributed by atoms with Gasteiger partial charge in [0.05, 0.1) is 6.54 Å². The van der Waals surface area contributed by atoms with Crippen LogP contribution in [0.1, 0.15) is 19.3 Å². The zero-order valence-electron chi connectivity index (χ0n) is 11.7. The molecule has 2 heterocycles. The van der Waals surface area contributed by atoms with Crippen LogP contribution in [0.4, 0.5) is 14.5 Å². The number of fused-ring (bicyclic) bond motifs is 1. The van der Waals surface area contributed by atoms with E-state index in [-0.39, 0.29) is 12.2 Å². The number of amides is 1. The van der Waals surface area contributed by atoms with E-state index in [4.69, 9.17) is 0 Å². The Labute approximate surface area is 122 Å². The first-order chi connectivity index (χ1) is 10.1. The molecule has 1 aromatic rings. The average molecular weight is 295 g/mol. The summed E-state index contributed by atoms with van der Waals surface area (Å²) in [5, 5.41) is 5.51. The van der Waals surface area contributed by atoms with Gasteiger partial charge in [-0.2, -0.15) is 0 Å². The summed E-state index contributed by atoms with van der Waals surface area (Å²) in [5.74, 6) is -1.94. The Hall–Kier alpha value is -1.53. The van der Waals surface area contributed by atoms with Crippen molar-refractivity contribution >= 4 is 11.6 Å². The molecule has 0 spiro atoms. The van der Waals surface area contributed by atoms with Crippen molar-refractivity contribution in [2.24, 2.45) is 0 Å². The van der Waals surface area contributed by atoms with Crippen LogP contribution in [0.3, 0.4) is 0 Å². The fourth-order valence-corrected chi connectivity index (χ4v) is 3.35. The molecule has 2 atom stereocenters. The van der Waals surface area contributed by atoms with Crippen LogP contribution in [-0.2, 0) is 4.79 Å². The number of halogens is 2. The van der Waals surface area contributed by atoms with Crippen molar-refractivity contribution in [3.05, 3.63) is 29.8 Å². The molecule has 0 radical (unpaired) electrons. The molecule has 1 amide bonds. The lowest BCUT2D eigenvalue weighted by atomic mass is 10.1. The predicted molar refractivity (Wildman–Crippen MR) is 76.0 cm³/mol. The van der Waals surface area contributed by atoms with E-state index in [9.17, 15) is 13.6 Å². The van der Waals surface area contributed by atoms with Gasteiger partial charge in [0.2, 0.25) is 5.91 Å². The van der Waals surface area contributed by atoms with Crippen molar-refractivity contribution in [3.8, 4) is 0 Å². The maximum Gasteiger partial charge on any atom is 0.238 e. The molecular weight excluding hydrogens is 276 g/mol. The summed E-state index contributed by atoms with van der Waals surface area (Å²) in [5.41, 5.74) is -0.377. The Kier molecular flexibility index (Phi) is 4.17. The zero-order chi connectivity index (χ0) is 14.8. The van der Waals surface area contributed by atoms with Crippen molar-refractivity contribution in [1.29, 1.82) is 0 Å². The molecule has 0 saturated carbocycles. The topological polar surface area (TPSA) is 44.4 Å². The summed E-state index contributed by atoms with van der Waals surface area (Å²) in [4.78, 5) is 14.3. The van der Waals surface area contributed by atoms with Crippen LogP contribution in [-0.4, -0.2) is 42.5 Å². The smallest absolute Gasteiger partial charge is 0.238 e. The van der Waals surface area contributed by atoms with E-state index >= 15 is 0 Å². The summed E-state index contributed by atoms with van der Waals surface area (Å²) in [6.45, 7) is 2.27. The number of para-hydroxylation sites is 1. The second-order valence-electron chi connectivity index (χ2n) is 5.67. The monoisotopic (exact) mass is 295 g/mol. The van der Waals surface area contributed by atoms with Crippen LogP contribution in [0, 0.1) is 11.6 Å². The normalized spacial score (nSPS) is 25.0. The number of hydrogen-bond acceptors (Lipinski definition) is 3. The minimum absolute atomic E-state index is 0.0722. The number of benzene rings is 1. The highest BCUT2D eigenvalue weighted by Crippen LogP contribution is 2.27. The lowest BCUT2D eigenvalue weighted by molar-refractivity contribution is -0.115. The van der Waals surface area contributed by atoms with Gasteiger partial charge in [-0.15, -0.1) is 0 Å². The third-order valence-corrected chi connectivity index (χ3v) is 4.36. The minimum atomic E-state index is -0.758. The van der Waals surface area contributed by atoms with Gasteiger partial charge in [-0.1, -0.05) is 6.07 Å². The summed E-state index contributed by atoms with van der Waals surface area (Å²) >= 11 is 0. The molecule has 2 aliphatic rings. The van der Waals surface area contributed by atoms with Gasteiger partial charge in [0.1, 0.15) is 17.3 Å². The van der Waals surface area contributed by atoms with E-state index in [1.807, 2.05) is 0 Å². The molecule has 0 aliphatic carbocycles. The molecule has 2 aliphatic heterocycles. The SMILES string of the molecule is O=C(CNC1CCN2CCCC12)Nc1c(F)cccc1F. The molecule has 4 nitrogen and oxygen atoms in total. The molecule has 6 heteroatoms. The number of nitrogens with one attached hydrogen (secondary N) is 2. The lowest BCUT2D eigenvalue weighted by Crippen LogP contribution is -2.42. The summed E-state index contributed by atoms with van der Waals surface area (Å²) in [7, 11) is 0. The maximum absolute atomic E-state index is 13.4. The average Bonchev–Trinajstić information content (AvgIpc) is 3.04. The summed E-state index contributed by atoms with van der Waals surface area (Å²) < 4.78 is 26.9. The molecule has 3 rings (SSSR count). The fourth-order valence-electron chi connectivity index (χ4n) is 3.35. The standard InChI is InChI=1S/C15H19F2N3O/c16-10-3-1-4-11(17)15(10)19-14(21)9-18-12-6-8-20-7-2-5-13(12)20/h1,3-4,12-13,18H,2,5-9H2,(H,19,21). The Morgan fingerprint density at radius 1 is 1.24 bits per heavy atom. The van der Waals surface area contributed by atoms with E-state index in [1.54, 1.807) is 0 Å². The Morgan fingerprint density at radius 3 is 2.76 bits per heavy atom. The first-order valence-corrected chi connectivity index (χ1v) is 7.36. The van der Waals surface area contributed by atoms with Gasteiger partial charge in [-0.3, -0.25) is 9.69 Å². The molecule has 2 saturated heterocycles. The molecule has 114 valence electrons. The van der Waals surface area contributed by atoms with Crippen molar-refractivity contribution in [1.82, 2.24) is 10.2 Å². The van der Waals surface area contributed by atoms with Gasteiger partial charge >= 0.3 is 0 Å². The van der Waals surface area contributed by atoms with Crippen LogP contribution >= 0.6 is 0 Å². The first-order valence-electron chi connectivity index (χ1n) is 7.36. The molecule has 1 aromatic carbocycles. The number of carbonyl (C=O) groups excluding carboxylic acids is 1. The number of rotatable bonds is 4. The number of nitrogens with zero attached hydrogens (tertiary/aromatic N) is 1. The third-order valence-electron chi connectivity index (χ3n) is 4.36. The second-order valence-corrected chi connectivity index (χ2v) is 5.67. The van der Waals surface area contributed by atoms with Crippen LogP contribution in [0.15, 0.2) is 18.2 Å². The molecular formula is C15H19F2N3O. The fraction of sp³-hybridized carbons (Fsp3) is 0.533. The number of hydrogen-bond donors (Lipinski definition) is 2. The number of anilines is 1. The van der Waals surface area contributed by atoms with Gasteiger partial charge in [-0.25, -0.2) is 8.78 Å². The van der Waals surface area contributed by atoms with Crippen LogP contribution in [0.25, 0.3) is 0 Å². The molecule has 0 bridgehead atoms. The number of carbonyl (C=O) groups is 1. The van der Waals surface area contributed by atoms with Crippen molar-refractivity contribution in [2.45, 2.75) is 31.3 Å². The Bertz CT molecular complexity index is 517. The molecule has 0 aromatic heterocycles. The van der Waals surface area contributed by atoms with E-state index in [0.29, 0.717) is 12.1 Å². The third kappa shape index (κ3) is 3.06. The van der Waals surface area contributed by atoms with Crippen molar-refractivity contribution in [3.63, 3.8) is 0 Å². The van der Waals surface area contributed by atoms with E-state index in [0.717, 1.165) is 38.1 Å². The summed E-state index contributed by atoms with van der Waals surface area (Å²) in [6.07, 6.45) is 3.38. The largest absolute Gasteiger partial charge is 0.320 e. The molecule has 21 heavy (non-hydrogen) atoms.